The number of hydrogen-bond donors (Lipinski definition) is 1. The van der Waals surface area contributed by atoms with Gasteiger partial charge in [-0.25, -0.2) is 0 Å². The van der Waals surface area contributed by atoms with Gasteiger partial charge in [0.15, 0.2) is 0 Å². The van der Waals surface area contributed by atoms with Crippen LogP contribution in [0, 0.1) is 0 Å². The van der Waals surface area contributed by atoms with Crippen molar-refractivity contribution in [1.29, 1.82) is 0 Å². The maximum atomic E-state index is 12.0. The number of thiophene rings is 1. The van der Waals surface area contributed by atoms with Crippen LogP contribution in [0.4, 0.5) is 0 Å². The fourth-order valence-corrected chi connectivity index (χ4v) is 3.76. The minimum absolute atomic E-state index is 0.108. The van der Waals surface area contributed by atoms with Crippen molar-refractivity contribution in [2.75, 3.05) is 26.2 Å². The fourth-order valence-electron chi connectivity index (χ4n) is 2.87. The molecular weight excluding hydrogens is 320 g/mol. The smallest absolute Gasteiger partial charge is 0.234 e. The molecule has 24 heavy (non-hydrogen) atoms. The molecular formula is C19H24N2O2S. The lowest BCUT2D eigenvalue weighted by molar-refractivity contribution is -0.122. The van der Waals surface area contributed by atoms with Crippen LogP contribution in [0.1, 0.15) is 22.4 Å². The molecule has 0 aliphatic carbocycles. The van der Waals surface area contributed by atoms with Gasteiger partial charge in [0.1, 0.15) is 0 Å². The topological polar surface area (TPSA) is 41.6 Å². The lowest BCUT2D eigenvalue weighted by atomic mass is 10.1. The molecule has 3 rings (SSSR count). The van der Waals surface area contributed by atoms with Crippen LogP contribution in [0.3, 0.4) is 0 Å². The van der Waals surface area contributed by atoms with Crippen molar-refractivity contribution < 1.29 is 9.53 Å². The van der Waals surface area contributed by atoms with Crippen LogP contribution >= 0.6 is 11.3 Å². The predicted octanol–water partition coefficient (Wildman–Crippen LogP) is 2.83. The second-order valence-electron chi connectivity index (χ2n) is 6.07. The number of hydrogen-bond acceptors (Lipinski definition) is 4. The maximum absolute atomic E-state index is 12.0. The highest BCUT2D eigenvalue weighted by molar-refractivity contribution is 7.10. The summed E-state index contributed by atoms with van der Waals surface area (Å²) in [4.78, 5) is 15.7. The molecule has 1 aromatic carbocycles. The van der Waals surface area contributed by atoms with Crippen LogP contribution in [0.25, 0.3) is 0 Å². The van der Waals surface area contributed by atoms with Crippen LogP contribution in [-0.2, 0) is 29.1 Å². The van der Waals surface area contributed by atoms with Crippen molar-refractivity contribution in [2.45, 2.75) is 26.0 Å². The van der Waals surface area contributed by atoms with E-state index in [1.807, 2.05) is 29.5 Å². The summed E-state index contributed by atoms with van der Waals surface area (Å²) in [6, 6.07) is 12.3. The van der Waals surface area contributed by atoms with E-state index in [2.05, 4.69) is 33.8 Å². The molecule has 0 saturated heterocycles. The average Bonchev–Trinajstić information content (AvgIpc) is 3.06. The van der Waals surface area contributed by atoms with Gasteiger partial charge in [-0.05, 0) is 35.4 Å². The predicted molar refractivity (Wildman–Crippen MR) is 97.0 cm³/mol. The highest BCUT2D eigenvalue weighted by Crippen LogP contribution is 2.23. The molecule has 2 heterocycles. The Hall–Kier alpha value is -1.69. The number of nitrogens with one attached hydrogen (secondary N) is 1. The number of rotatable bonds is 8. The lowest BCUT2D eigenvalue weighted by Gasteiger charge is -2.26. The summed E-state index contributed by atoms with van der Waals surface area (Å²) in [6.45, 7) is 4.32. The second-order valence-corrected chi connectivity index (χ2v) is 7.07. The summed E-state index contributed by atoms with van der Waals surface area (Å²) < 4.78 is 5.62. The molecule has 1 aliphatic heterocycles. The largest absolute Gasteiger partial charge is 0.377 e. The van der Waals surface area contributed by atoms with Gasteiger partial charge >= 0.3 is 0 Å². The zero-order valence-corrected chi connectivity index (χ0v) is 14.7. The monoisotopic (exact) mass is 344 g/mol. The normalized spacial score (nSPS) is 14.3. The fraction of sp³-hybridized carbons (Fsp3) is 0.421. The molecule has 1 aliphatic rings. The standard InChI is InChI=1S/C19H24N2O2S/c22-19(14-21-10-7-18-17(13-21)8-12-24-18)20-9-4-11-23-15-16-5-2-1-3-6-16/h1-3,5-6,8,12H,4,7,9-11,13-15H2,(H,20,22). The van der Waals surface area contributed by atoms with Gasteiger partial charge in [-0.1, -0.05) is 30.3 Å². The van der Waals surface area contributed by atoms with Gasteiger partial charge in [0.05, 0.1) is 13.2 Å². The zero-order chi connectivity index (χ0) is 16.6. The number of amides is 1. The van der Waals surface area contributed by atoms with E-state index in [0.29, 0.717) is 26.3 Å². The van der Waals surface area contributed by atoms with Gasteiger partial charge in [-0.15, -0.1) is 11.3 Å². The third kappa shape index (κ3) is 5.16. The van der Waals surface area contributed by atoms with Gasteiger partial charge in [-0.3, -0.25) is 9.69 Å². The molecule has 5 heteroatoms. The molecule has 1 N–H and O–H groups in total. The molecule has 0 radical (unpaired) electrons. The van der Waals surface area contributed by atoms with E-state index in [0.717, 1.165) is 25.9 Å². The number of nitrogens with zero attached hydrogens (tertiary/aromatic N) is 1. The first-order chi connectivity index (χ1) is 11.8. The summed E-state index contributed by atoms with van der Waals surface area (Å²) in [5, 5.41) is 5.13. The molecule has 2 aromatic rings. The molecule has 1 amide bonds. The maximum Gasteiger partial charge on any atom is 0.234 e. The Labute approximate surface area is 147 Å². The lowest BCUT2D eigenvalue weighted by Crippen LogP contribution is -2.39. The Morgan fingerprint density at radius 3 is 3.00 bits per heavy atom. The number of carbonyl (C=O) groups is 1. The third-order valence-electron chi connectivity index (χ3n) is 4.15. The Morgan fingerprint density at radius 2 is 2.12 bits per heavy atom. The Balaban J connectivity index is 1.25. The minimum Gasteiger partial charge on any atom is -0.377 e. The van der Waals surface area contributed by atoms with E-state index in [1.54, 1.807) is 0 Å². The van der Waals surface area contributed by atoms with E-state index in [9.17, 15) is 4.79 Å². The highest BCUT2D eigenvalue weighted by atomic mass is 32.1. The summed E-state index contributed by atoms with van der Waals surface area (Å²) in [6.07, 6.45) is 1.90. The minimum atomic E-state index is 0.108. The van der Waals surface area contributed by atoms with Crippen LogP contribution in [0.5, 0.6) is 0 Å². The zero-order valence-electron chi connectivity index (χ0n) is 13.9. The number of fused-ring (bicyclic) bond motifs is 1. The number of benzene rings is 1. The molecule has 1 aromatic heterocycles. The van der Waals surface area contributed by atoms with E-state index in [4.69, 9.17) is 4.74 Å². The Morgan fingerprint density at radius 1 is 1.25 bits per heavy atom. The highest BCUT2D eigenvalue weighted by Gasteiger charge is 2.18. The van der Waals surface area contributed by atoms with E-state index in [-0.39, 0.29) is 5.91 Å². The Kier molecular flexibility index (Phi) is 6.41. The van der Waals surface area contributed by atoms with Gasteiger partial charge < -0.3 is 10.1 Å². The first-order valence-corrected chi connectivity index (χ1v) is 9.35. The molecule has 0 spiro atoms. The van der Waals surface area contributed by atoms with E-state index < -0.39 is 0 Å². The van der Waals surface area contributed by atoms with Crippen molar-refractivity contribution >= 4 is 17.2 Å². The van der Waals surface area contributed by atoms with Gasteiger partial charge in [0, 0.05) is 31.1 Å². The molecule has 0 fully saturated rings. The third-order valence-corrected chi connectivity index (χ3v) is 5.18. The molecule has 4 nitrogen and oxygen atoms in total. The molecule has 0 bridgehead atoms. The first kappa shape index (κ1) is 17.1. The van der Waals surface area contributed by atoms with Crippen molar-refractivity contribution in [3.05, 3.63) is 57.8 Å². The summed E-state index contributed by atoms with van der Waals surface area (Å²) in [7, 11) is 0. The van der Waals surface area contributed by atoms with Crippen LogP contribution in [0.2, 0.25) is 0 Å². The van der Waals surface area contributed by atoms with Crippen molar-refractivity contribution in [3.8, 4) is 0 Å². The quantitative estimate of drug-likeness (QED) is 0.749. The SMILES string of the molecule is O=C(CN1CCc2sccc2C1)NCCCOCc1ccccc1. The molecule has 0 unspecified atom stereocenters. The molecule has 0 saturated carbocycles. The van der Waals surface area contributed by atoms with Crippen LogP contribution in [0.15, 0.2) is 41.8 Å². The van der Waals surface area contributed by atoms with Gasteiger partial charge in [0.25, 0.3) is 0 Å². The summed E-state index contributed by atoms with van der Waals surface area (Å²) in [5.41, 5.74) is 2.56. The van der Waals surface area contributed by atoms with Gasteiger partial charge in [0.2, 0.25) is 5.91 Å². The molecule has 0 atom stereocenters. The van der Waals surface area contributed by atoms with Crippen LogP contribution < -0.4 is 5.32 Å². The summed E-state index contributed by atoms with van der Waals surface area (Å²) in [5.74, 6) is 0.108. The van der Waals surface area contributed by atoms with Crippen molar-refractivity contribution in [3.63, 3.8) is 0 Å². The summed E-state index contributed by atoms with van der Waals surface area (Å²) >= 11 is 1.82. The molecule has 128 valence electrons. The second kappa shape index (κ2) is 8.97. The van der Waals surface area contributed by atoms with Crippen molar-refractivity contribution in [2.24, 2.45) is 0 Å². The number of ether oxygens (including phenoxy) is 1. The Bertz CT molecular complexity index is 642. The first-order valence-electron chi connectivity index (χ1n) is 8.47. The van der Waals surface area contributed by atoms with E-state index >= 15 is 0 Å². The van der Waals surface area contributed by atoms with E-state index in [1.165, 1.54) is 16.0 Å². The van der Waals surface area contributed by atoms with Crippen molar-refractivity contribution in [1.82, 2.24) is 10.2 Å². The van der Waals surface area contributed by atoms with Crippen LogP contribution in [-0.4, -0.2) is 37.0 Å². The number of carbonyl (C=O) groups excluding carboxylic acids is 1. The van der Waals surface area contributed by atoms with Gasteiger partial charge in [-0.2, -0.15) is 0 Å². The average molecular weight is 344 g/mol.